The van der Waals surface area contributed by atoms with Crippen molar-refractivity contribution >= 4 is 17.2 Å². The molecule has 0 fully saturated rings. The van der Waals surface area contributed by atoms with Crippen molar-refractivity contribution in [3.05, 3.63) is 70.8 Å². The molecule has 27 heavy (non-hydrogen) atoms. The molecule has 0 unspecified atom stereocenters. The van der Waals surface area contributed by atoms with E-state index in [1.54, 1.807) is 18.3 Å². The predicted octanol–water partition coefficient (Wildman–Crippen LogP) is 4.66. The first-order valence-corrected chi connectivity index (χ1v) is 8.60. The minimum atomic E-state index is -0.566. The molecule has 0 radical (unpaired) electrons. The fourth-order valence-electron chi connectivity index (χ4n) is 2.48. The van der Waals surface area contributed by atoms with Crippen molar-refractivity contribution in [2.75, 3.05) is 5.32 Å². The normalized spacial score (nSPS) is 10.4. The van der Waals surface area contributed by atoms with Crippen LogP contribution in [0.4, 0.5) is 17.2 Å². The molecular weight excluding hydrogens is 346 g/mol. The van der Waals surface area contributed by atoms with E-state index in [4.69, 9.17) is 4.74 Å². The third-order valence-electron chi connectivity index (χ3n) is 3.86. The summed E-state index contributed by atoms with van der Waals surface area (Å²) in [6, 6.07) is 11.1. The third-order valence-corrected chi connectivity index (χ3v) is 3.86. The second kappa shape index (κ2) is 8.70. The highest BCUT2D eigenvalue weighted by molar-refractivity contribution is 5.68. The van der Waals surface area contributed by atoms with Gasteiger partial charge >= 0.3 is 11.6 Å². The lowest BCUT2D eigenvalue weighted by Gasteiger charge is -2.09. The van der Waals surface area contributed by atoms with Gasteiger partial charge in [-0.15, -0.1) is 0 Å². The second-order valence-corrected chi connectivity index (χ2v) is 5.85. The van der Waals surface area contributed by atoms with Crippen LogP contribution in [0.25, 0.3) is 0 Å². The molecule has 0 atom stereocenters. The Balaban J connectivity index is 1.84. The zero-order valence-corrected chi connectivity index (χ0v) is 14.8. The lowest BCUT2D eigenvalue weighted by atomic mass is 10.1. The van der Waals surface area contributed by atoms with Crippen molar-refractivity contribution in [1.29, 1.82) is 0 Å². The molecule has 8 nitrogen and oxygen atoms in total. The van der Waals surface area contributed by atoms with Crippen LogP contribution in [-0.4, -0.2) is 19.9 Å². The van der Waals surface area contributed by atoms with Crippen LogP contribution in [0.2, 0.25) is 0 Å². The summed E-state index contributed by atoms with van der Waals surface area (Å²) in [6.07, 6.45) is 7.52. The van der Waals surface area contributed by atoms with E-state index in [0.717, 1.165) is 19.3 Å². The summed E-state index contributed by atoms with van der Waals surface area (Å²) in [5, 5.41) is 14.6. The smallest absolute Gasteiger partial charge is 0.373 e. The summed E-state index contributed by atoms with van der Waals surface area (Å²) in [4.78, 5) is 22.9. The number of rotatable bonds is 8. The average molecular weight is 365 g/mol. The van der Waals surface area contributed by atoms with Crippen LogP contribution >= 0.6 is 0 Å². The molecule has 0 aliphatic rings. The summed E-state index contributed by atoms with van der Waals surface area (Å²) in [5.41, 5.74) is 1.58. The fraction of sp³-hybridized carbons (Fsp3) is 0.211. The highest BCUT2D eigenvalue weighted by Crippen LogP contribution is 2.35. The van der Waals surface area contributed by atoms with Crippen LogP contribution in [0.5, 0.6) is 11.6 Å². The minimum absolute atomic E-state index is 0.0650. The standard InChI is InChI=1S/C19H19N5O3/c1-2-3-5-14-7-9-15(10-8-14)23-18-17(24(25)26)19(22-13-21-18)27-16-6-4-11-20-12-16/h4,6-13H,2-3,5H2,1H3,(H,21,22,23). The Hall–Kier alpha value is -3.55. The minimum Gasteiger partial charge on any atom is -0.432 e. The van der Waals surface area contributed by atoms with Gasteiger partial charge in [0.1, 0.15) is 12.1 Å². The largest absolute Gasteiger partial charge is 0.432 e. The van der Waals surface area contributed by atoms with Gasteiger partial charge in [-0.05, 0) is 42.7 Å². The molecule has 0 bridgehead atoms. The van der Waals surface area contributed by atoms with Crippen molar-refractivity contribution in [2.24, 2.45) is 0 Å². The van der Waals surface area contributed by atoms with Crippen LogP contribution in [0, 0.1) is 10.1 Å². The van der Waals surface area contributed by atoms with Crippen molar-refractivity contribution in [2.45, 2.75) is 26.2 Å². The van der Waals surface area contributed by atoms with Gasteiger partial charge in [-0.2, -0.15) is 4.98 Å². The average Bonchev–Trinajstić information content (AvgIpc) is 2.68. The summed E-state index contributed by atoms with van der Waals surface area (Å²) in [7, 11) is 0. The van der Waals surface area contributed by atoms with E-state index >= 15 is 0 Å². The quantitative estimate of drug-likeness (QED) is 0.457. The van der Waals surface area contributed by atoms with E-state index in [-0.39, 0.29) is 17.4 Å². The Morgan fingerprint density at radius 3 is 2.67 bits per heavy atom. The SMILES string of the molecule is CCCCc1ccc(Nc2ncnc(Oc3cccnc3)c2[N+](=O)[O-])cc1. The molecule has 1 N–H and O–H groups in total. The predicted molar refractivity (Wildman–Crippen MR) is 101 cm³/mol. The van der Waals surface area contributed by atoms with Gasteiger partial charge in [-0.1, -0.05) is 25.5 Å². The van der Waals surface area contributed by atoms with Crippen LogP contribution in [0.15, 0.2) is 55.1 Å². The first-order valence-electron chi connectivity index (χ1n) is 8.60. The van der Waals surface area contributed by atoms with Crippen molar-refractivity contribution in [1.82, 2.24) is 15.0 Å². The molecule has 2 heterocycles. The summed E-state index contributed by atoms with van der Waals surface area (Å²) >= 11 is 0. The maximum absolute atomic E-state index is 11.6. The number of hydrogen-bond donors (Lipinski definition) is 1. The van der Waals surface area contributed by atoms with E-state index in [2.05, 4.69) is 27.2 Å². The number of anilines is 2. The molecule has 0 amide bonds. The van der Waals surface area contributed by atoms with E-state index in [1.165, 1.54) is 18.1 Å². The Labute approximate surface area is 156 Å². The molecule has 0 saturated carbocycles. The maximum Gasteiger partial charge on any atom is 0.373 e. The van der Waals surface area contributed by atoms with Gasteiger partial charge in [0.2, 0.25) is 5.82 Å². The van der Waals surface area contributed by atoms with Gasteiger partial charge in [0.25, 0.3) is 0 Å². The fourth-order valence-corrected chi connectivity index (χ4v) is 2.48. The molecule has 0 spiro atoms. The number of nitro groups is 1. The molecule has 8 heteroatoms. The topological polar surface area (TPSA) is 103 Å². The molecule has 3 aromatic rings. The van der Waals surface area contributed by atoms with Crippen molar-refractivity contribution < 1.29 is 9.66 Å². The molecule has 138 valence electrons. The van der Waals surface area contributed by atoms with E-state index in [9.17, 15) is 10.1 Å². The second-order valence-electron chi connectivity index (χ2n) is 5.85. The highest BCUT2D eigenvalue weighted by atomic mass is 16.6. The number of unbranched alkanes of at least 4 members (excludes halogenated alkanes) is 1. The number of nitrogens with one attached hydrogen (secondary N) is 1. The number of aromatic nitrogens is 3. The summed E-state index contributed by atoms with van der Waals surface area (Å²) in [6.45, 7) is 2.15. The number of ether oxygens (including phenoxy) is 1. The van der Waals surface area contributed by atoms with Crippen LogP contribution in [0.1, 0.15) is 25.3 Å². The van der Waals surface area contributed by atoms with Gasteiger partial charge in [-0.3, -0.25) is 15.1 Å². The molecule has 1 aromatic carbocycles. The Bertz CT molecular complexity index is 901. The van der Waals surface area contributed by atoms with Crippen LogP contribution in [-0.2, 0) is 6.42 Å². The van der Waals surface area contributed by atoms with Crippen molar-refractivity contribution in [3.8, 4) is 11.6 Å². The van der Waals surface area contributed by atoms with E-state index in [1.807, 2.05) is 24.3 Å². The van der Waals surface area contributed by atoms with Gasteiger partial charge in [-0.25, -0.2) is 4.98 Å². The number of hydrogen-bond acceptors (Lipinski definition) is 7. The molecular formula is C19H19N5O3. The van der Waals surface area contributed by atoms with E-state index in [0.29, 0.717) is 11.4 Å². The van der Waals surface area contributed by atoms with Gasteiger partial charge in [0.05, 0.1) is 11.1 Å². The van der Waals surface area contributed by atoms with Crippen LogP contribution in [0.3, 0.4) is 0 Å². The molecule has 3 rings (SSSR count). The highest BCUT2D eigenvalue weighted by Gasteiger charge is 2.25. The summed E-state index contributed by atoms with van der Waals surface area (Å²) < 4.78 is 5.52. The maximum atomic E-state index is 11.6. The molecule has 2 aromatic heterocycles. The lowest BCUT2D eigenvalue weighted by Crippen LogP contribution is -2.03. The van der Waals surface area contributed by atoms with Crippen LogP contribution < -0.4 is 10.1 Å². The van der Waals surface area contributed by atoms with Gasteiger partial charge in [0, 0.05) is 11.9 Å². The zero-order valence-electron chi connectivity index (χ0n) is 14.8. The monoisotopic (exact) mass is 365 g/mol. The molecule has 0 aliphatic heterocycles. The third kappa shape index (κ3) is 4.75. The number of nitrogens with zero attached hydrogens (tertiary/aromatic N) is 4. The zero-order chi connectivity index (χ0) is 19.1. The first kappa shape index (κ1) is 18.2. The molecule has 0 saturated heterocycles. The lowest BCUT2D eigenvalue weighted by molar-refractivity contribution is -0.385. The van der Waals surface area contributed by atoms with E-state index < -0.39 is 4.92 Å². The first-order chi connectivity index (χ1) is 13.2. The number of benzene rings is 1. The van der Waals surface area contributed by atoms with Gasteiger partial charge < -0.3 is 10.1 Å². The Morgan fingerprint density at radius 2 is 2.00 bits per heavy atom. The van der Waals surface area contributed by atoms with Gasteiger partial charge in [0.15, 0.2) is 0 Å². The Morgan fingerprint density at radius 1 is 1.19 bits per heavy atom. The number of pyridine rings is 1. The molecule has 0 aliphatic carbocycles. The Kier molecular flexibility index (Phi) is 5.88. The summed E-state index contributed by atoms with van der Waals surface area (Å²) in [5.74, 6) is 0.269. The number of aryl methyl sites for hydroxylation is 1. The van der Waals surface area contributed by atoms with Crippen molar-refractivity contribution in [3.63, 3.8) is 0 Å².